The number of nitrogens with one attached hydrogen (secondary N) is 1. The monoisotopic (exact) mass is 522 g/mol. The average molecular weight is 523 g/mol. The molecule has 4 heterocycles. The van der Waals surface area contributed by atoms with Crippen LogP contribution in [-0.2, 0) is 15.7 Å². The predicted molar refractivity (Wildman–Crippen MR) is 134 cm³/mol. The molecule has 10 heteroatoms. The fourth-order valence-corrected chi connectivity index (χ4v) is 6.09. The van der Waals surface area contributed by atoms with Crippen molar-refractivity contribution in [1.29, 1.82) is 0 Å². The minimum atomic E-state index is -4.60. The molecule has 2 aliphatic heterocycles. The highest BCUT2D eigenvalue weighted by atomic mass is 19.4. The second-order valence-corrected chi connectivity index (χ2v) is 10.1. The molecule has 7 nitrogen and oxygen atoms in total. The number of rotatable bonds is 4. The van der Waals surface area contributed by atoms with Crippen LogP contribution in [0.2, 0.25) is 0 Å². The SMILES string of the molecule is CCN1C(=O)[C@@H]2[C@H]3COC[C@H]3[C@@H]2c2cc(-c3cc(NC(=O)c4cncc(C(F)(F)F)c4)ccc3C)cnc21. The third-order valence-corrected chi connectivity index (χ3v) is 7.99. The Bertz CT molecular complexity index is 1460. The number of aromatic nitrogens is 2. The van der Waals surface area contributed by atoms with Gasteiger partial charge in [-0.2, -0.15) is 13.2 Å². The minimum absolute atomic E-state index is 0.0665. The van der Waals surface area contributed by atoms with E-state index in [0.717, 1.165) is 34.5 Å². The lowest BCUT2D eigenvalue weighted by molar-refractivity contribution is -0.137. The number of hydrogen-bond donors (Lipinski definition) is 1. The van der Waals surface area contributed by atoms with Crippen LogP contribution in [0.4, 0.5) is 24.7 Å². The van der Waals surface area contributed by atoms with Crippen molar-refractivity contribution in [1.82, 2.24) is 9.97 Å². The van der Waals surface area contributed by atoms with Crippen LogP contribution in [0.1, 0.15) is 39.9 Å². The summed E-state index contributed by atoms with van der Waals surface area (Å²) in [5.74, 6) is 0.616. The molecular weight excluding hydrogens is 497 g/mol. The lowest BCUT2D eigenvalue weighted by atomic mass is 9.54. The van der Waals surface area contributed by atoms with Crippen LogP contribution >= 0.6 is 0 Å². The lowest BCUT2D eigenvalue weighted by Crippen LogP contribution is -2.57. The molecule has 1 saturated carbocycles. The highest BCUT2D eigenvalue weighted by Gasteiger charge is 2.60. The van der Waals surface area contributed by atoms with Crippen LogP contribution < -0.4 is 10.2 Å². The summed E-state index contributed by atoms with van der Waals surface area (Å²) in [6, 6.07) is 8.17. The number of anilines is 2. The van der Waals surface area contributed by atoms with Gasteiger partial charge in [0.25, 0.3) is 5.91 Å². The lowest BCUT2D eigenvalue weighted by Gasteiger charge is -2.52. The zero-order valence-corrected chi connectivity index (χ0v) is 20.7. The first-order valence-corrected chi connectivity index (χ1v) is 12.5. The van der Waals surface area contributed by atoms with E-state index in [1.807, 2.05) is 19.9 Å². The molecule has 2 amide bonds. The van der Waals surface area contributed by atoms with E-state index in [1.165, 1.54) is 0 Å². The molecule has 0 bridgehead atoms. The molecule has 3 aliphatic rings. The smallest absolute Gasteiger partial charge is 0.381 e. The molecule has 0 spiro atoms. The summed E-state index contributed by atoms with van der Waals surface area (Å²) in [5, 5.41) is 2.68. The predicted octanol–water partition coefficient (Wildman–Crippen LogP) is 5.07. The number of fused-ring (bicyclic) bond motifs is 6. The first-order chi connectivity index (χ1) is 18.2. The summed E-state index contributed by atoms with van der Waals surface area (Å²) < 4.78 is 44.9. The molecule has 1 aliphatic carbocycles. The van der Waals surface area contributed by atoms with Gasteiger partial charge < -0.3 is 10.1 Å². The standard InChI is InChI=1S/C28H25F3N4O3/c1-3-35-25-20(23-21-12-38-13-22(21)24(23)27(35)37)7-15(10-33-25)19-8-18(5-4-14(19)2)34-26(36)16-6-17(11-32-9-16)28(29,30)31/h4-11,21-24H,3,12-13H2,1-2H3,(H,34,36)/t21-,22+,23+,24-/m1/s1. The topological polar surface area (TPSA) is 84.4 Å². The highest BCUT2D eigenvalue weighted by Crippen LogP contribution is 2.60. The second-order valence-electron chi connectivity index (χ2n) is 10.1. The van der Waals surface area contributed by atoms with Gasteiger partial charge in [0, 0.05) is 53.8 Å². The van der Waals surface area contributed by atoms with Crippen LogP contribution in [0.15, 0.2) is 48.9 Å². The van der Waals surface area contributed by atoms with E-state index in [4.69, 9.17) is 9.72 Å². The summed E-state index contributed by atoms with van der Waals surface area (Å²) in [5.41, 5.74) is 2.90. The number of carbonyl (C=O) groups is 2. The van der Waals surface area contributed by atoms with Crippen LogP contribution in [-0.4, -0.2) is 41.5 Å². The third-order valence-electron chi connectivity index (χ3n) is 7.99. The second kappa shape index (κ2) is 8.90. The highest BCUT2D eigenvalue weighted by molar-refractivity contribution is 6.04. The maximum absolute atomic E-state index is 13.2. The van der Waals surface area contributed by atoms with Crippen molar-refractivity contribution in [2.45, 2.75) is 25.9 Å². The van der Waals surface area contributed by atoms with E-state index < -0.39 is 17.6 Å². The minimum Gasteiger partial charge on any atom is -0.381 e. The summed E-state index contributed by atoms with van der Waals surface area (Å²) in [6.45, 7) is 5.66. The molecule has 2 aromatic heterocycles. The van der Waals surface area contributed by atoms with E-state index in [0.29, 0.717) is 43.4 Å². The number of benzene rings is 1. The molecule has 1 saturated heterocycles. The van der Waals surface area contributed by atoms with Crippen molar-refractivity contribution < 1.29 is 27.5 Å². The van der Waals surface area contributed by atoms with Crippen LogP contribution in [0.5, 0.6) is 0 Å². The number of nitrogens with zero attached hydrogens (tertiary/aromatic N) is 3. The molecule has 0 radical (unpaired) electrons. The fraction of sp³-hybridized carbons (Fsp3) is 0.357. The zero-order valence-electron chi connectivity index (χ0n) is 20.7. The van der Waals surface area contributed by atoms with Crippen LogP contribution in [0, 0.1) is 24.7 Å². The Morgan fingerprint density at radius 3 is 2.61 bits per heavy atom. The quantitative estimate of drug-likeness (QED) is 0.518. The maximum atomic E-state index is 13.2. The van der Waals surface area contributed by atoms with Gasteiger partial charge in [-0.15, -0.1) is 0 Å². The number of carbonyl (C=O) groups excluding carboxylic acids is 2. The number of halogens is 3. The number of amides is 2. The van der Waals surface area contributed by atoms with Crippen LogP contribution in [0.25, 0.3) is 11.1 Å². The van der Waals surface area contributed by atoms with Gasteiger partial charge in [-0.05, 0) is 55.2 Å². The first kappa shape index (κ1) is 24.5. The molecule has 1 aromatic carbocycles. The molecule has 3 aromatic rings. The van der Waals surface area contributed by atoms with E-state index in [2.05, 4.69) is 16.4 Å². The zero-order chi connectivity index (χ0) is 26.8. The van der Waals surface area contributed by atoms with Crippen molar-refractivity contribution >= 4 is 23.3 Å². The van der Waals surface area contributed by atoms with Gasteiger partial charge in [-0.25, -0.2) is 4.98 Å². The summed E-state index contributed by atoms with van der Waals surface area (Å²) in [6.07, 6.45) is -1.09. The number of ether oxygens (including phenoxy) is 1. The summed E-state index contributed by atoms with van der Waals surface area (Å²) in [7, 11) is 0. The number of alkyl halides is 3. The van der Waals surface area contributed by atoms with Gasteiger partial charge in [0.1, 0.15) is 5.82 Å². The Labute approximate surface area is 217 Å². The average Bonchev–Trinajstić information content (AvgIpc) is 3.28. The Hall–Kier alpha value is -3.79. The molecule has 0 unspecified atom stereocenters. The maximum Gasteiger partial charge on any atom is 0.417 e. The van der Waals surface area contributed by atoms with E-state index in [1.54, 1.807) is 23.2 Å². The van der Waals surface area contributed by atoms with Gasteiger partial charge in [0.05, 0.1) is 30.3 Å². The summed E-state index contributed by atoms with van der Waals surface area (Å²) in [4.78, 5) is 36.0. The number of pyridine rings is 2. The normalized spacial score (nSPS) is 23.8. The molecule has 4 atom stereocenters. The molecule has 6 rings (SSSR count). The van der Waals surface area contributed by atoms with E-state index in [9.17, 15) is 22.8 Å². The Morgan fingerprint density at radius 1 is 1.11 bits per heavy atom. The Balaban J connectivity index is 1.32. The van der Waals surface area contributed by atoms with Crippen molar-refractivity contribution in [2.75, 3.05) is 30.0 Å². The van der Waals surface area contributed by atoms with Gasteiger partial charge in [0.2, 0.25) is 5.91 Å². The Morgan fingerprint density at radius 2 is 1.87 bits per heavy atom. The number of aryl methyl sites for hydroxylation is 1. The molecular formula is C28H25F3N4O3. The fourth-order valence-electron chi connectivity index (χ4n) is 6.09. The van der Waals surface area contributed by atoms with Gasteiger partial charge in [0.15, 0.2) is 0 Å². The van der Waals surface area contributed by atoms with Crippen molar-refractivity contribution in [3.05, 3.63) is 71.2 Å². The van der Waals surface area contributed by atoms with Crippen molar-refractivity contribution in [2.24, 2.45) is 17.8 Å². The van der Waals surface area contributed by atoms with E-state index >= 15 is 0 Å². The molecule has 2 fully saturated rings. The van der Waals surface area contributed by atoms with Crippen molar-refractivity contribution in [3.63, 3.8) is 0 Å². The third kappa shape index (κ3) is 3.86. The Kier molecular flexibility index (Phi) is 5.75. The molecule has 38 heavy (non-hydrogen) atoms. The first-order valence-electron chi connectivity index (χ1n) is 12.5. The van der Waals surface area contributed by atoms with Crippen molar-refractivity contribution in [3.8, 4) is 11.1 Å². The van der Waals surface area contributed by atoms with Crippen LogP contribution in [0.3, 0.4) is 0 Å². The van der Waals surface area contributed by atoms with Gasteiger partial charge >= 0.3 is 6.18 Å². The van der Waals surface area contributed by atoms with E-state index in [-0.39, 0.29) is 29.2 Å². The molecule has 196 valence electrons. The summed E-state index contributed by atoms with van der Waals surface area (Å²) >= 11 is 0. The largest absolute Gasteiger partial charge is 0.417 e. The molecule has 1 N–H and O–H groups in total. The number of hydrogen-bond acceptors (Lipinski definition) is 5. The van der Waals surface area contributed by atoms with Gasteiger partial charge in [-0.1, -0.05) is 6.07 Å². The van der Waals surface area contributed by atoms with Gasteiger partial charge in [-0.3, -0.25) is 19.5 Å².